The predicted molar refractivity (Wildman–Crippen MR) is 122 cm³/mol. The molecule has 1 aromatic heterocycles. The van der Waals surface area contributed by atoms with Crippen molar-refractivity contribution in [3.8, 4) is 11.1 Å². The number of aryl methyl sites for hydroxylation is 1. The number of halogens is 2. The van der Waals surface area contributed by atoms with Crippen LogP contribution < -0.4 is 10.0 Å². The Hall–Kier alpha value is -2.89. The van der Waals surface area contributed by atoms with Gasteiger partial charge in [-0.3, -0.25) is 4.90 Å². The first-order chi connectivity index (χ1) is 15.6. The zero-order valence-electron chi connectivity index (χ0n) is 18.0. The van der Waals surface area contributed by atoms with E-state index in [4.69, 9.17) is 5.14 Å². The number of amides is 2. The molecule has 174 valence electrons. The van der Waals surface area contributed by atoms with Crippen LogP contribution in [0.1, 0.15) is 30.6 Å². The second-order valence-electron chi connectivity index (χ2n) is 7.82. The molecule has 11 heteroatoms. The van der Waals surface area contributed by atoms with E-state index in [1.54, 1.807) is 23.1 Å². The van der Waals surface area contributed by atoms with Gasteiger partial charge in [0.25, 0.3) is 0 Å². The van der Waals surface area contributed by atoms with Gasteiger partial charge >= 0.3 is 6.03 Å². The van der Waals surface area contributed by atoms with E-state index in [0.29, 0.717) is 25.1 Å². The topological polar surface area (TPSA) is 96.6 Å². The van der Waals surface area contributed by atoms with Crippen LogP contribution in [0.2, 0.25) is 0 Å². The van der Waals surface area contributed by atoms with Crippen LogP contribution in [-0.4, -0.2) is 37.4 Å². The summed E-state index contributed by atoms with van der Waals surface area (Å²) in [5.41, 5.74) is 1.66. The molecule has 2 amide bonds. The van der Waals surface area contributed by atoms with Crippen molar-refractivity contribution in [2.75, 3.05) is 18.0 Å². The zero-order chi connectivity index (χ0) is 23.9. The summed E-state index contributed by atoms with van der Waals surface area (Å²) in [7, 11) is -3.93. The van der Waals surface area contributed by atoms with Gasteiger partial charge < -0.3 is 4.90 Å². The summed E-state index contributed by atoms with van der Waals surface area (Å²) in [6, 6.07) is 9.59. The third kappa shape index (κ3) is 4.61. The van der Waals surface area contributed by atoms with Gasteiger partial charge in [-0.05, 0) is 55.7 Å². The molecule has 0 radical (unpaired) electrons. The lowest BCUT2D eigenvalue weighted by Crippen LogP contribution is -2.50. The van der Waals surface area contributed by atoms with Gasteiger partial charge in [-0.2, -0.15) is 0 Å². The van der Waals surface area contributed by atoms with Crippen LogP contribution in [-0.2, 0) is 10.0 Å². The molecule has 7 nitrogen and oxygen atoms in total. The first kappa shape index (κ1) is 23.3. The first-order valence-corrected chi connectivity index (χ1v) is 12.6. The fourth-order valence-corrected chi connectivity index (χ4v) is 5.86. The zero-order valence-corrected chi connectivity index (χ0v) is 19.6. The lowest BCUT2D eigenvalue weighted by Gasteiger charge is -2.38. The molecule has 0 aliphatic carbocycles. The highest BCUT2D eigenvalue weighted by atomic mass is 32.2. The van der Waals surface area contributed by atoms with Gasteiger partial charge in [0, 0.05) is 18.7 Å². The molecule has 2 aromatic carbocycles. The van der Waals surface area contributed by atoms with Crippen molar-refractivity contribution in [2.24, 2.45) is 5.14 Å². The highest BCUT2D eigenvalue weighted by Crippen LogP contribution is 2.34. The van der Waals surface area contributed by atoms with Gasteiger partial charge in [0.2, 0.25) is 10.0 Å². The van der Waals surface area contributed by atoms with Crippen LogP contribution in [0, 0.1) is 18.6 Å². The summed E-state index contributed by atoms with van der Waals surface area (Å²) in [5.74, 6) is -1.07. The highest BCUT2D eigenvalue weighted by Gasteiger charge is 2.33. The summed E-state index contributed by atoms with van der Waals surface area (Å²) in [6.45, 7) is 4.27. The molecule has 2 N–H and O–H groups in total. The largest absolute Gasteiger partial charge is 0.326 e. The van der Waals surface area contributed by atoms with Gasteiger partial charge in [-0.1, -0.05) is 29.5 Å². The van der Waals surface area contributed by atoms with Gasteiger partial charge in [-0.15, -0.1) is 0 Å². The maximum Gasteiger partial charge on any atom is 0.326 e. The molecule has 1 fully saturated rings. The monoisotopic (exact) mass is 492 g/mol. The minimum atomic E-state index is -3.93. The van der Waals surface area contributed by atoms with Crippen LogP contribution in [0.15, 0.2) is 46.7 Å². The van der Waals surface area contributed by atoms with Crippen molar-refractivity contribution in [1.82, 2.24) is 9.88 Å². The SMILES string of the molecule is Cc1nc(N2CCCN([C@@H](C)c3cccc(-c4cc(F)ccc4F)c3)C2=O)sc1S(N)(=O)=O. The standard InChI is InChI=1S/C22H22F2N4O3S2/c1-13-20(33(25,30)31)32-21(26-13)28-10-4-9-27(22(28)29)14(2)15-5-3-6-16(11-15)18-12-17(23)7-8-19(18)24/h3,5-8,11-12,14H,4,9-10H2,1-2H3,(H2,25,30,31)/t14-/m0/s1. The Labute approximate surface area is 194 Å². The molecule has 0 saturated carbocycles. The highest BCUT2D eigenvalue weighted by molar-refractivity contribution is 7.91. The van der Waals surface area contributed by atoms with E-state index in [-0.39, 0.29) is 32.7 Å². The van der Waals surface area contributed by atoms with E-state index in [1.165, 1.54) is 11.8 Å². The number of carbonyl (C=O) groups is 1. The summed E-state index contributed by atoms with van der Waals surface area (Å²) in [6.07, 6.45) is 0.650. The molecule has 1 atom stereocenters. The number of rotatable bonds is 5. The lowest BCUT2D eigenvalue weighted by molar-refractivity contribution is 0.175. The number of urea groups is 1. The Morgan fingerprint density at radius 2 is 1.91 bits per heavy atom. The molecule has 0 bridgehead atoms. The van der Waals surface area contributed by atoms with Gasteiger partial charge in [-0.25, -0.2) is 32.1 Å². The van der Waals surface area contributed by atoms with Crippen LogP contribution in [0.25, 0.3) is 11.1 Å². The van der Waals surface area contributed by atoms with Crippen LogP contribution in [0.5, 0.6) is 0 Å². The summed E-state index contributed by atoms with van der Waals surface area (Å²) < 4.78 is 51.4. The Kier molecular flexibility index (Phi) is 6.21. The van der Waals surface area contributed by atoms with Crippen molar-refractivity contribution >= 4 is 32.5 Å². The van der Waals surface area contributed by atoms with E-state index in [2.05, 4.69) is 4.98 Å². The number of aromatic nitrogens is 1. The van der Waals surface area contributed by atoms with E-state index in [1.807, 2.05) is 13.0 Å². The molecular weight excluding hydrogens is 470 g/mol. The molecule has 0 spiro atoms. The number of benzene rings is 2. The number of hydrogen-bond donors (Lipinski definition) is 1. The predicted octanol–water partition coefficient (Wildman–Crippen LogP) is 4.44. The first-order valence-electron chi connectivity index (χ1n) is 10.2. The van der Waals surface area contributed by atoms with E-state index in [0.717, 1.165) is 35.1 Å². The average Bonchev–Trinajstić information content (AvgIpc) is 3.17. The second kappa shape index (κ2) is 8.81. The number of carbonyl (C=O) groups excluding carboxylic acids is 1. The fourth-order valence-electron chi connectivity index (χ4n) is 3.90. The molecule has 4 rings (SSSR count). The smallest absolute Gasteiger partial charge is 0.317 e. The molecule has 3 aromatic rings. The number of primary sulfonamides is 1. The second-order valence-corrected chi connectivity index (χ2v) is 10.6. The Bertz CT molecular complexity index is 1330. The van der Waals surface area contributed by atoms with Crippen molar-refractivity contribution < 1.29 is 22.0 Å². The fraction of sp³-hybridized carbons (Fsp3) is 0.273. The molecule has 33 heavy (non-hydrogen) atoms. The number of anilines is 1. The lowest BCUT2D eigenvalue weighted by atomic mass is 9.98. The van der Waals surface area contributed by atoms with Crippen LogP contribution in [0.4, 0.5) is 18.7 Å². The summed E-state index contributed by atoms with van der Waals surface area (Å²) in [4.78, 5) is 20.6. The third-order valence-corrected chi connectivity index (χ3v) is 8.30. The Morgan fingerprint density at radius 3 is 2.61 bits per heavy atom. The van der Waals surface area contributed by atoms with Crippen LogP contribution >= 0.6 is 11.3 Å². The quantitative estimate of drug-likeness (QED) is 0.570. The van der Waals surface area contributed by atoms with Gasteiger partial charge in [0.15, 0.2) is 9.34 Å². The van der Waals surface area contributed by atoms with Crippen molar-refractivity contribution in [2.45, 2.75) is 30.5 Å². The molecule has 1 aliphatic rings. The third-order valence-electron chi connectivity index (χ3n) is 5.57. The molecule has 1 saturated heterocycles. The van der Waals surface area contributed by atoms with E-state index >= 15 is 0 Å². The minimum absolute atomic E-state index is 0.0692. The number of nitrogens with two attached hydrogens (primary N) is 1. The van der Waals surface area contributed by atoms with E-state index in [9.17, 15) is 22.0 Å². The van der Waals surface area contributed by atoms with Crippen molar-refractivity contribution in [3.05, 3.63) is 65.4 Å². The number of thiazole rings is 1. The normalized spacial score (nSPS) is 15.7. The number of nitrogens with zero attached hydrogens (tertiary/aromatic N) is 3. The molecule has 1 aliphatic heterocycles. The number of hydrogen-bond acceptors (Lipinski definition) is 5. The van der Waals surface area contributed by atoms with Gasteiger partial charge in [0.05, 0.1) is 11.7 Å². The molecule has 2 heterocycles. The molecular formula is C22H22F2N4O3S2. The maximum absolute atomic E-state index is 14.3. The Morgan fingerprint density at radius 1 is 1.15 bits per heavy atom. The summed E-state index contributed by atoms with van der Waals surface area (Å²) in [5, 5.41) is 5.52. The van der Waals surface area contributed by atoms with Crippen molar-refractivity contribution in [3.63, 3.8) is 0 Å². The minimum Gasteiger partial charge on any atom is -0.317 e. The number of sulfonamides is 1. The van der Waals surface area contributed by atoms with Crippen molar-refractivity contribution in [1.29, 1.82) is 0 Å². The van der Waals surface area contributed by atoms with Crippen LogP contribution in [0.3, 0.4) is 0 Å². The maximum atomic E-state index is 14.3. The summed E-state index contributed by atoms with van der Waals surface area (Å²) >= 11 is 0.866. The molecule has 0 unspecified atom stereocenters. The van der Waals surface area contributed by atoms with E-state index < -0.39 is 21.7 Å². The van der Waals surface area contributed by atoms with Gasteiger partial charge in [0.1, 0.15) is 11.6 Å². The average molecular weight is 493 g/mol. The Balaban J connectivity index is 1.62.